The standard InChI is InChI=1S/C19H23N9OS/c1-26-19(23-24-25-26)30-13-18(29)22-16-11-17(21-14-20-16)28-9-7-27(8-10-28)12-15-5-3-2-4-6-15/h2-6,11,14H,7-10,12-13H2,1H3,(H,20,21,22,29). The predicted octanol–water partition coefficient (Wildman–Crippen LogP) is 1.05. The highest BCUT2D eigenvalue weighted by Crippen LogP contribution is 2.18. The molecule has 0 radical (unpaired) electrons. The molecule has 1 fully saturated rings. The summed E-state index contributed by atoms with van der Waals surface area (Å²) in [7, 11) is 1.73. The van der Waals surface area contributed by atoms with Gasteiger partial charge in [-0.05, 0) is 16.0 Å². The van der Waals surface area contributed by atoms with E-state index in [9.17, 15) is 4.79 Å². The fourth-order valence-corrected chi connectivity index (χ4v) is 3.87. The minimum atomic E-state index is -0.166. The third-order valence-corrected chi connectivity index (χ3v) is 5.79. The van der Waals surface area contributed by atoms with E-state index in [0.29, 0.717) is 11.0 Å². The van der Waals surface area contributed by atoms with Crippen molar-refractivity contribution in [2.24, 2.45) is 7.05 Å². The molecule has 1 saturated heterocycles. The largest absolute Gasteiger partial charge is 0.354 e. The number of benzene rings is 1. The fourth-order valence-electron chi connectivity index (χ4n) is 3.22. The third-order valence-electron chi connectivity index (χ3n) is 4.78. The van der Waals surface area contributed by atoms with Crippen LogP contribution in [0, 0.1) is 0 Å². The number of rotatable bonds is 7. The normalized spacial score (nSPS) is 14.6. The molecule has 3 heterocycles. The molecule has 10 nitrogen and oxygen atoms in total. The summed E-state index contributed by atoms with van der Waals surface area (Å²) in [4.78, 5) is 25.5. The molecule has 0 unspecified atom stereocenters. The van der Waals surface area contributed by atoms with Crippen molar-refractivity contribution in [2.45, 2.75) is 11.7 Å². The van der Waals surface area contributed by atoms with Gasteiger partial charge < -0.3 is 10.2 Å². The van der Waals surface area contributed by atoms with Crippen LogP contribution in [0.1, 0.15) is 5.56 Å². The number of nitrogens with one attached hydrogen (secondary N) is 1. The highest BCUT2D eigenvalue weighted by Gasteiger charge is 2.19. The molecule has 1 aliphatic rings. The molecule has 11 heteroatoms. The monoisotopic (exact) mass is 425 g/mol. The molecule has 0 saturated carbocycles. The van der Waals surface area contributed by atoms with E-state index in [-0.39, 0.29) is 11.7 Å². The number of carbonyl (C=O) groups excluding carboxylic acids is 1. The number of nitrogens with zero attached hydrogens (tertiary/aromatic N) is 8. The maximum absolute atomic E-state index is 12.2. The van der Waals surface area contributed by atoms with Gasteiger partial charge in [-0.1, -0.05) is 42.1 Å². The van der Waals surface area contributed by atoms with Crippen LogP contribution >= 0.6 is 11.8 Å². The van der Waals surface area contributed by atoms with Crippen molar-refractivity contribution in [3.05, 3.63) is 48.3 Å². The molecule has 1 aliphatic heterocycles. The van der Waals surface area contributed by atoms with Gasteiger partial charge in [0, 0.05) is 45.8 Å². The number of aryl methyl sites for hydroxylation is 1. The van der Waals surface area contributed by atoms with Crippen molar-refractivity contribution in [3.8, 4) is 0 Å². The Morgan fingerprint density at radius 2 is 1.93 bits per heavy atom. The Morgan fingerprint density at radius 3 is 2.67 bits per heavy atom. The van der Waals surface area contributed by atoms with E-state index in [1.807, 2.05) is 12.1 Å². The number of hydrogen-bond donors (Lipinski definition) is 1. The Balaban J connectivity index is 1.28. The summed E-state index contributed by atoms with van der Waals surface area (Å²) < 4.78 is 1.53. The molecule has 1 amide bonds. The van der Waals surface area contributed by atoms with Gasteiger partial charge in [-0.2, -0.15) is 0 Å². The molecular weight excluding hydrogens is 402 g/mol. The summed E-state index contributed by atoms with van der Waals surface area (Å²) in [5.74, 6) is 1.35. The molecule has 2 aromatic heterocycles. The second-order valence-corrected chi connectivity index (χ2v) is 7.87. The molecule has 156 valence electrons. The number of anilines is 2. The lowest BCUT2D eigenvalue weighted by Crippen LogP contribution is -2.46. The highest BCUT2D eigenvalue weighted by atomic mass is 32.2. The number of tetrazole rings is 1. The van der Waals surface area contributed by atoms with E-state index in [2.05, 4.69) is 64.9 Å². The van der Waals surface area contributed by atoms with Crippen molar-refractivity contribution < 1.29 is 4.79 Å². The SMILES string of the molecule is Cn1nnnc1SCC(=O)Nc1cc(N2CCN(Cc3ccccc3)CC2)ncn1. The van der Waals surface area contributed by atoms with E-state index in [4.69, 9.17) is 0 Å². The van der Waals surface area contributed by atoms with Crippen molar-refractivity contribution in [3.63, 3.8) is 0 Å². The molecule has 0 aliphatic carbocycles. The lowest BCUT2D eigenvalue weighted by Gasteiger charge is -2.35. The van der Waals surface area contributed by atoms with Crippen LogP contribution in [-0.2, 0) is 18.4 Å². The topological polar surface area (TPSA) is 105 Å². The first-order chi connectivity index (χ1) is 14.7. The Bertz CT molecular complexity index is 973. The minimum Gasteiger partial charge on any atom is -0.354 e. The quantitative estimate of drug-likeness (QED) is 0.556. The van der Waals surface area contributed by atoms with Gasteiger partial charge >= 0.3 is 0 Å². The van der Waals surface area contributed by atoms with Gasteiger partial charge in [-0.15, -0.1) is 5.10 Å². The molecule has 30 heavy (non-hydrogen) atoms. The summed E-state index contributed by atoms with van der Waals surface area (Å²) in [6, 6.07) is 12.3. The molecule has 0 atom stereocenters. The van der Waals surface area contributed by atoms with Crippen molar-refractivity contribution in [1.29, 1.82) is 0 Å². The number of thioether (sulfide) groups is 1. The van der Waals surface area contributed by atoms with Gasteiger partial charge in [-0.25, -0.2) is 14.6 Å². The maximum Gasteiger partial charge on any atom is 0.236 e. The molecular formula is C19H23N9OS. The van der Waals surface area contributed by atoms with Crippen LogP contribution in [0.4, 0.5) is 11.6 Å². The number of carbonyl (C=O) groups is 1. The summed E-state index contributed by atoms with van der Waals surface area (Å²) in [6.07, 6.45) is 1.49. The average Bonchev–Trinajstić information content (AvgIpc) is 3.18. The van der Waals surface area contributed by atoms with Crippen LogP contribution in [0.3, 0.4) is 0 Å². The highest BCUT2D eigenvalue weighted by molar-refractivity contribution is 7.99. The summed E-state index contributed by atoms with van der Waals surface area (Å²) in [6.45, 7) is 4.64. The average molecular weight is 426 g/mol. The number of amides is 1. The molecule has 3 aromatic rings. The molecule has 0 spiro atoms. The third kappa shape index (κ3) is 5.30. The lowest BCUT2D eigenvalue weighted by molar-refractivity contribution is -0.113. The zero-order valence-corrected chi connectivity index (χ0v) is 17.5. The van der Waals surface area contributed by atoms with Gasteiger partial charge in [0.1, 0.15) is 18.0 Å². The van der Waals surface area contributed by atoms with Gasteiger partial charge in [0.05, 0.1) is 5.75 Å². The maximum atomic E-state index is 12.2. The van der Waals surface area contributed by atoms with E-state index < -0.39 is 0 Å². The molecule has 4 rings (SSSR count). The molecule has 1 N–H and O–H groups in total. The van der Waals surface area contributed by atoms with Crippen LogP contribution < -0.4 is 10.2 Å². The second-order valence-electron chi connectivity index (χ2n) is 6.93. The predicted molar refractivity (Wildman–Crippen MR) is 114 cm³/mol. The van der Waals surface area contributed by atoms with Crippen LogP contribution in [0.5, 0.6) is 0 Å². The van der Waals surface area contributed by atoms with E-state index in [1.54, 1.807) is 7.05 Å². The summed E-state index contributed by atoms with van der Waals surface area (Å²) in [5.41, 5.74) is 1.33. The zero-order chi connectivity index (χ0) is 20.8. The molecule has 0 bridgehead atoms. The van der Waals surface area contributed by atoms with Gasteiger partial charge in [-0.3, -0.25) is 9.69 Å². The smallest absolute Gasteiger partial charge is 0.236 e. The fraction of sp³-hybridized carbons (Fsp3) is 0.368. The number of aromatic nitrogens is 6. The van der Waals surface area contributed by atoms with E-state index in [0.717, 1.165) is 38.5 Å². The second kappa shape index (κ2) is 9.63. The van der Waals surface area contributed by atoms with E-state index >= 15 is 0 Å². The zero-order valence-electron chi connectivity index (χ0n) is 16.7. The first-order valence-corrected chi connectivity index (χ1v) is 10.6. The van der Waals surface area contributed by atoms with Gasteiger partial charge in [0.15, 0.2) is 0 Å². The van der Waals surface area contributed by atoms with Gasteiger partial charge in [0.2, 0.25) is 11.1 Å². The summed E-state index contributed by atoms with van der Waals surface area (Å²) in [5, 5.41) is 14.6. The van der Waals surface area contributed by atoms with Crippen LogP contribution in [-0.4, -0.2) is 72.9 Å². The van der Waals surface area contributed by atoms with Crippen molar-refractivity contribution in [2.75, 3.05) is 42.1 Å². The Hall–Kier alpha value is -3.05. The van der Waals surface area contributed by atoms with Crippen LogP contribution in [0.25, 0.3) is 0 Å². The number of piperazine rings is 1. The minimum absolute atomic E-state index is 0.166. The Kier molecular flexibility index (Phi) is 6.50. The first-order valence-electron chi connectivity index (χ1n) is 9.65. The van der Waals surface area contributed by atoms with Crippen LogP contribution in [0.15, 0.2) is 47.9 Å². The summed E-state index contributed by atoms with van der Waals surface area (Å²) >= 11 is 1.27. The van der Waals surface area contributed by atoms with Crippen molar-refractivity contribution in [1.82, 2.24) is 35.1 Å². The van der Waals surface area contributed by atoms with Crippen molar-refractivity contribution >= 4 is 29.3 Å². The molecule has 1 aromatic carbocycles. The first kappa shape index (κ1) is 20.2. The Morgan fingerprint density at radius 1 is 1.13 bits per heavy atom. The lowest BCUT2D eigenvalue weighted by atomic mass is 10.2. The van der Waals surface area contributed by atoms with E-state index in [1.165, 1.54) is 28.3 Å². The number of hydrogen-bond acceptors (Lipinski definition) is 9. The van der Waals surface area contributed by atoms with Crippen LogP contribution in [0.2, 0.25) is 0 Å². The van der Waals surface area contributed by atoms with Gasteiger partial charge in [0.25, 0.3) is 0 Å². The Labute approximate surface area is 178 Å².